The second kappa shape index (κ2) is 9.19. The normalized spacial score (nSPS) is 17.5. The van der Waals surface area contributed by atoms with Gasteiger partial charge in [-0.15, -0.1) is 0 Å². The molecule has 3 heteroatoms. The van der Waals surface area contributed by atoms with Crippen molar-refractivity contribution in [3.63, 3.8) is 0 Å². The number of carbonyl (C=O) groups excluding carboxylic acids is 1. The highest BCUT2D eigenvalue weighted by Gasteiger charge is 2.15. The van der Waals surface area contributed by atoms with Gasteiger partial charge in [-0.2, -0.15) is 0 Å². The molecule has 1 saturated heterocycles. The van der Waals surface area contributed by atoms with Gasteiger partial charge in [-0.25, -0.2) is 0 Å². The molecule has 0 amide bonds. The fraction of sp³-hybridized carbons (Fsp3) is 0.318. The Balaban J connectivity index is 1.44. The Hall–Kier alpha value is -2.39. The first kappa shape index (κ1) is 17.4. The maximum absolute atomic E-state index is 11.8. The molecule has 130 valence electrons. The summed E-state index contributed by atoms with van der Waals surface area (Å²) in [6.07, 6.45) is 7.41. The lowest BCUT2D eigenvalue weighted by Gasteiger charge is -2.21. The van der Waals surface area contributed by atoms with Gasteiger partial charge in [0.2, 0.25) is 0 Å². The molecule has 0 bridgehead atoms. The van der Waals surface area contributed by atoms with Gasteiger partial charge >= 0.3 is 5.97 Å². The van der Waals surface area contributed by atoms with Crippen molar-refractivity contribution in [3.05, 3.63) is 66.2 Å². The maximum Gasteiger partial charge on any atom is 0.309 e. The molecule has 25 heavy (non-hydrogen) atoms. The van der Waals surface area contributed by atoms with Gasteiger partial charge < -0.3 is 9.47 Å². The molecule has 0 aliphatic carbocycles. The van der Waals surface area contributed by atoms with Crippen LogP contribution in [0.2, 0.25) is 0 Å². The summed E-state index contributed by atoms with van der Waals surface area (Å²) in [6, 6.07) is 18.6. The fourth-order valence-corrected chi connectivity index (χ4v) is 2.89. The average molecular weight is 336 g/mol. The summed E-state index contributed by atoms with van der Waals surface area (Å²) in [4.78, 5) is 11.8. The van der Waals surface area contributed by atoms with Gasteiger partial charge in [0.05, 0.1) is 12.5 Å². The van der Waals surface area contributed by atoms with Crippen molar-refractivity contribution in [2.75, 3.05) is 13.2 Å². The summed E-state index contributed by atoms with van der Waals surface area (Å²) in [5, 5.41) is 0. The number of ether oxygens (including phenoxy) is 2. The molecule has 0 N–H and O–H groups in total. The summed E-state index contributed by atoms with van der Waals surface area (Å²) < 4.78 is 10.8. The second-order valence-corrected chi connectivity index (χ2v) is 6.27. The molecule has 1 aliphatic rings. The van der Waals surface area contributed by atoms with Crippen LogP contribution in [0.15, 0.2) is 60.7 Å². The van der Waals surface area contributed by atoms with Crippen LogP contribution in [0.3, 0.4) is 0 Å². The predicted octanol–water partition coefficient (Wildman–Crippen LogP) is 4.87. The van der Waals surface area contributed by atoms with Crippen molar-refractivity contribution in [2.45, 2.75) is 31.8 Å². The number of rotatable bonds is 6. The average Bonchev–Trinajstić information content (AvgIpc) is 2.68. The molecular formula is C22H24O3. The quantitative estimate of drug-likeness (QED) is 0.706. The molecule has 1 atom stereocenters. The lowest BCUT2D eigenvalue weighted by Crippen LogP contribution is -2.25. The van der Waals surface area contributed by atoms with E-state index in [1.54, 1.807) is 0 Å². The fourth-order valence-electron chi connectivity index (χ4n) is 2.89. The van der Waals surface area contributed by atoms with Crippen molar-refractivity contribution in [1.82, 2.24) is 0 Å². The molecule has 1 heterocycles. The highest BCUT2D eigenvalue weighted by Crippen LogP contribution is 2.19. The zero-order valence-corrected chi connectivity index (χ0v) is 14.4. The molecular weight excluding hydrogens is 312 g/mol. The summed E-state index contributed by atoms with van der Waals surface area (Å²) in [6.45, 7) is 1.15. The van der Waals surface area contributed by atoms with Crippen molar-refractivity contribution >= 4 is 12.0 Å². The van der Waals surface area contributed by atoms with Crippen LogP contribution >= 0.6 is 0 Å². The predicted molar refractivity (Wildman–Crippen MR) is 100 cm³/mol. The van der Waals surface area contributed by atoms with Gasteiger partial charge in [0.15, 0.2) is 0 Å². The van der Waals surface area contributed by atoms with Crippen LogP contribution in [0.4, 0.5) is 0 Å². The Bertz CT molecular complexity index is 683. The van der Waals surface area contributed by atoms with Gasteiger partial charge in [0.1, 0.15) is 6.61 Å². The third kappa shape index (κ3) is 5.57. The zero-order valence-electron chi connectivity index (χ0n) is 14.4. The Morgan fingerprint density at radius 3 is 2.52 bits per heavy atom. The standard InChI is InChI=1S/C22H24O3/c23-22(25-17-21-10-4-5-16-24-21)11-6-7-18-12-14-20(15-13-18)19-8-2-1-3-9-19/h1-3,6-9,12-15,21H,4-5,10-11,16-17H2/b7-6+. The van der Waals surface area contributed by atoms with E-state index in [2.05, 4.69) is 36.4 Å². The van der Waals surface area contributed by atoms with Crippen LogP contribution in [0.5, 0.6) is 0 Å². The van der Waals surface area contributed by atoms with Crippen LogP contribution in [-0.4, -0.2) is 25.3 Å². The van der Waals surface area contributed by atoms with Crippen LogP contribution in [0, 0.1) is 0 Å². The highest BCUT2D eigenvalue weighted by atomic mass is 16.6. The molecule has 1 unspecified atom stereocenters. The van der Waals surface area contributed by atoms with E-state index in [1.807, 2.05) is 30.4 Å². The molecule has 0 aromatic heterocycles. The topological polar surface area (TPSA) is 35.5 Å². The van der Waals surface area contributed by atoms with E-state index in [0.29, 0.717) is 6.61 Å². The van der Waals surface area contributed by atoms with Gasteiger partial charge in [-0.05, 0) is 36.0 Å². The minimum Gasteiger partial charge on any atom is -0.463 e. The van der Waals surface area contributed by atoms with E-state index in [0.717, 1.165) is 31.4 Å². The first-order valence-corrected chi connectivity index (χ1v) is 8.90. The van der Waals surface area contributed by atoms with Crippen molar-refractivity contribution in [3.8, 4) is 11.1 Å². The Labute approximate surface area is 149 Å². The third-order valence-corrected chi connectivity index (χ3v) is 4.32. The lowest BCUT2D eigenvalue weighted by atomic mass is 10.0. The lowest BCUT2D eigenvalue weighted by molar-refractivity contribution is -0.148. The Morgan fingerprint density at radius 2 is 1.80 bits per heavy atom. The maximum atomic E-state index is 11.8. The van der Waals surface area contributed by atoms with Gasteiger partial charge in [0, 0.05) is 6.61 Å². The Morgan fingerprint density at radius 1 is 1.04 bits per heavy atom. The molecule has 2 aromatic carbocycles. The minimum absolute atomic E-state index is 0.0761. The molecule has 0 saturated carbocycles. The van der Waals surface area contributed by atoms with Crippen LogP contribution < -0.4 is 0 Å². The molecule has 1 fully saturated rings. The molecule has 3 rings (SSSR count). The Kier molecular flexibility index (Phi) is 6.41. The van der Waals surface area contributed by atoms with Crippen molar-refractivity contribution in [2.24, 2.45) is 0 Å². The molecule has 2 aromatic rings. The minimum atomic E-state index is -0.202. The molecule has 0 radical (unpaired) electrons. The number of esters is 1. The third-order valence-electron chi connectivity index (χ3n) is 4.32. The SMILES string of the molecule is O=C(C/C=C/c1ccc(-c2ccccc2)cc1)OCC1CCCCO1. The van der Waals surface area contributed by atoms with E-state index in [-0.39, 0.29) is 18.5 Å². The summed E-state index contributed by atoms with van der Waals surface area (Å²) in [7, 11) is 0. The van der Waals surface area contributed by atoms with Crippen molar-refractivity contribution in [1.29, 1.82) is 0 Å². The first-order valence-electron chi connectivity index (χ1n) is 8.90. The monoisotopic (exact) mass is 336 g/mol. The van der Waals surface area contributed by atoms with Crippen LogP contribution in [-0.2, 0) is 14.3 Å². The van der Waals surface area contributed by atoms with Crippen molar-refractivity contribution < 1.29 is 14.3 Å². The van der Waals surface area contributed by atoms with Crippen LogP contribution in [0.1, 0.15) is 31.2 Å². The second-order valence-electron chi connectivity index (χ2n) is 6.27. The number of carbonyl (C=O) groups is 1. The number of hydrogen-bond donors (Lipinski definition) is 0. The van der Waals surface area contributed by atoms with Crippen LogP contribution in [0.25, 0.3) is 17.2 Å². The zero-order chi connectivity index (χ0) is 17.3. The van der Waals surface area contributed by atoms with E-state index in [1.165, 1.54) is 11.1 Å². The van der Waals surface area contributed by atoms with Gasteiger partial charge in [0.25, 0.3) is 0 Å². The summed E-state index contributed by atoms with van der Waals surface area (Å²) in [5.74, 6) is -0.202. The van der Waals surface area contributed by atoms with E-state index in [9.17, 15) is 4.79 Å². The van der Waals surface area contributed by atoms with Gasteiger partial charge in [-0.1, -0.05) is 66.7 Å². The number of hydrogen-bond acceptors (Lipinski definition) is 3. The first-order chi connectivity index (χ1) is 12.3. The van der Waals surface area contributed by atoms with E-state index >= 15 is 0 Å². The van der Waals surface area contributed by atoms with E-state index in [4.69, 9.17) is 9.47 Å². The van der Waals surface area contributed by atoms with Gasteiger partial charge in [-0.3, -0.25) is 4.79 Å². The summed E-state index contributed by atoms with van der Waals surface area (Å²) >= 11 is 0. The summed E-state index contributed by atoms with van der Waals surface area (Å²) in [5.41, 5.74) is 3.46. The number of benzene rings is 2. The van der Waals surface area contributed by atoms with E-state index < -0.39 is 0 Å². The molecule has 1 aliphatic heterocycles. The molecule has 3 nitrogen and oxygen atoms in total. The highest BCUT2D eigenvalue weighted by molar-refractivity contribution is 5.73. The smallest absolute Gasteiger partial charge is 0.309 e. The largest absolute Gasteiger partial charge is 0.463 e. The molecule has 0 spiro atoms.